The number of carbonyl (C=O) groups excluding carboxylic acids is 2. The van der Waals surface area contributed by atoms with E-state index in [2.05, 4.69) is 10.6 Å². The SMILES string of the molecule is CN(C)CCNC(=O)C1(C(=O)Nc2ccccc2)CC1. The van der Waals surface area contributed by atoms with Crippen LogP contribution < -0.4 is 10.6 Å². The van der Waals surface area contributed by atoms with E-state index in [9.17, 15) is 9.59 Å². The van der Waals surface area contributed by atoms with Crippen molar-refractivity contribution in [2.75, 3.05) is 32.5 Å². The molecule has 0 aromatic heterocycles. The number of nitrogens with zero attached hydrogens (tertiary/aromatic N) is 1. The van der Waals surface area contributed by atoms with Crippen molar-refractivity contribution in [3.05, 3.63) is 30.3 Å². The Morgan fingerprint density at radius 3 is 2.35 bits per heavy atom. The molecule has 20 heavy (non-hydrogen) atoms. The van der Waals surface area contributed by atoms with E-state index < -0.39 is 5.41 Å². The van der Waals surface area contributed by atoms with Gasteiger partial charge in [-0.3, -0.25) is 9.59 Å². The average molecular weight is 275 g/mol. The van der Waals surface area contributed by atoms with E-state index in [1.165, 1.54) is 0 Å². The fraction of sp³-hybridized carbons (Fsp3) is 0.467. The van der Waals surface area contributed by atoms with Crippen molar-refractivity contribution >= 4 is 17.5 Å². The van der Waals surface area contributed by atoms with Crippen LogP contribution in [-0.2, 0) is 9.59 Å². The van der Waals surface area contributed by atoms with E-state index >= 15 is 0 Å². The normalized spacial score (nSPS) is 15.8. The van der Waals surface area contributed by atoms with Crippen molar-refractivity contribution in [3.63, 3.8) is 0 Å². The smallest absolute Gasteiger partial charge is 0.240 e. The Hall–Kier alpha value is -1.88. The molecule has 0 aliphatic heterocycles. The Bertz CT molecular complexity index is 481. The first-order valence-corrected chi connectivity index (χ1v) is 6.84. The molecule has 2 N–H and O–H groups in total. The highest BCUT2D eigenvalue weighted by molar-refractivity contribution is 6.13. The zero-order valence-electron chi connectivity index (χ0n) is 12.0. The van der Waals surface area contributed by atoms with Crippen molar-refractivity contribution < 1.29 is 9.59 Å². The van der Waals surface area contributed by atoms with E-state index in [0.717, 1.165) is 12.2 Å². The van der Waals surface area contributed by atoms with Gasteiger partial charge in [-0.1, -0.05) is 18.2 Å². The minimum Gasteiger partial charge on any atom is -0.354 e. The second-order valence-corrected chi connectivity index (χ2v) is 5.46. The molecule has 0 unspecified atom stereocenters. The van der Waals surface area contributed by atoms with Crippen LogP contribution in [0.2, 0.25) is 0 Å². The van der Waals surface area contributed by atoms with Crippen LogP contribution in [-0.4, -0.2) is 43.9 Å². The van der Waals surface area contributed by atoms with E-state index in [1.807, 2.05) is 49.3 Å². The Kier molecular flexibility index (Phi) is 4.39. The third kappa shape index (κ3) is 3.36. The van der Waals surface area contributed by atoms with Gasteiger partial charge in [0.05, 0.1) is 0 Å². The maximum Gasteiger partial charge on any atom is 0.240 e. The second kappa shape index (κ2) is 6.05. The molecule has 1 aromatic rings. The van der Waals surface area contributed by atoms with Crippen molar-refractivity contribution in [1.29, 1.82) is 0 Å². The molecule has 0 radical (unpaired) electrons. The number of rotatable bonds is 6. The van der Waals surface area contributed by atoms with Gasteiger partial charge in [-0.2, -0.15) is 0 Å². The molecule has 2 rings (SSSR count). The first-order chi connectivity index (χ1) is 9.54. The zero-order chi connectivity index (χ0) is 14.6. The summed E-state index contributed by atoms with van der Waals surface area (Å²) >= 11 is 0. The highest BCUT2D eigenvalue weighted by atomic mass is 16.2. The number of likely N-dealkylation sites (N-methyl/N-ethyl adjacent to an activating group) is 1. The number of carbonyl (C=O) groups is 2. The molecular weight excluding hydrogens is 254 g/mol. The molecule has 0 bridgehead atoms. The summed E-state index contributed by atoms with van der Waals surface area (Å²) in [6.07, 6.45) is 1.25. The second-order valence-electron chi connectivity index (χ2n) is 5.46. The fourth-order valence-corrected chi connectivity index (χ4v) is 2.02. The summed E-state index contributed by atoms with van der Waals surface area (Å²) < 4.78 is 0. The third-order valence-corrected chi connectivity index (χ3v) is 3.50. The van der Waals surface area contributed by atoms with Crippen LogP contribution in [0.4, 0.5) is 5.69 Å². The summed E-state index contributed by atoms with van der Waals surface area (Å²) in [7, 11) is 3.89. The maximum absolute atomic E-state index is 12.3. The molecule has 0 saturated heterocycles. The maximum atomic E-state index is 12.3. The van der Waals surface area contributed by atoms with Gasteiger partial charge in [-0.05, 0) is 39.1 Å². The lowest BCUT2D eigenvalue weighted by atomic mass is 10.1. The van der Waals surface area contributed by atoms with E-state index in [4.69, 9.17) is 0 Å². The Labute approximate surface area is 119 Å². The quantitative estimate of drug-likeness (QED) is 0.764. The van der Waals surface area contributed by atoms with Gasteiger partial charge in [0.1, 0.15) is 5.41 Å². The first-order valence-electron chi connectivity index (χ1n) is 6.84. The molecule has 0 heterocycles. The predicted molar refractivity (Wildman–Crippen MR) is 78.3 cm³/mol. The molecule has 5 nitrogen and oxygen atoms in total. The topological polar surface area (TPSA) is 61.4 Å². The molecule has 0 atom stereocenters. The lowest BCUT2D eigenvalue weighted by Crippen LogP contribution is -2.42. The van der Waals surface area contributed by atoms with Gasteiger partial charge in [-0.25, -0.2) is 0 Å². The molecule has 108 valence electrons. The molecule has 1 aliphatic rings. The lowest BCUT2D eigenvalue weighted by molar-refractivity contribution is -0.134. The summed E-state index contributed by atoms with van der Waals surface area (Å²) in [5.74, 6) is -0.362. The summed E-state index contributed by atoms with van der Waals surface area (Å²) in [5.41, 5.74) is -0.132. The summed E-state index contributed by atoms with van der Waals surface area (Å²) in [5, 5.41) is 5.66. The molecule has 1 aromatic carbocycles. The minimum atomic E-state index is -0.859. The Morgan fingerprint density at radius 1 is 1.15 bits per heavy atom. The summed E-state index contributed by atoms with van der Waals surface area (Å²) in [4.78, 5) is 26.4. The van der Waals surface area contributed by atoms with Crippen molar-refractivity contribution in [1.82, 2.24) is 10.2 Å². The number of anilines is 1. The molecule has 1 aliphatic carbocycles. The molecule has 1 saturated carbocycles. The fourth-order valence-electron chi connectivity index (χ4n) is 2.02. The van der Waals surface area contributed by atoms with Gasteiger partial charge >= 0.3 is 0 Å². The highest BCUT2D eigenvalue weighted by Crippen LogP contribution is 2.46. The predicted octanol–water partition coefficient (Wildman–Crippen LogP) is 1.08. The summed E-state index contributed by atoms with van der Waals surface area (Å²) in [6, 6.07) is 9.23. The van der Waals surface area contributed by atoms with E-state index in [1.54, 1.807) is 0 Å². The van der Waals surface area contributed by atoms with E-state index in [0.29, 0.717) is 19.4 Å². The van der Waals surface area contributed by atoms with Crippen molar-refractivity contribution in [2.45, 2.75) is 12.8 Å². The van der Waals surface area contributed by atoms with Gasteiger partial charge in [0.15, 0.2) is 0 Å². The van der Waals surface area contributed by atoms with Gasteiger partial charge in [0, 0.05) is 18.8 Å². The number of amides is 2. The van der Waals surface area contributed by atoms with Gasteiger partial charge in [0.2, 0.25) is 11.8 Å². The van der Waals surface area contributed by atoms with Gasteiger partial charge < -0.3 is 15.5 Å². The van der Waals surface area contributed by atoms with Gasteiger partial charge in [-0.15, -0.1) is 0 Å². The molecular formula is C15H21N3O2. The van der Waals surface area contributed by atoms with E-state index in [-0.39, 0.29) is 11.8 Å². The number of para-hydroxylation sites is 1. The molecule has 1 fully saturated rings. The lowest BCUT2D eigenvalue weighted by Gasteiger charge is -2.16. The Balaban J connectivity index is 1.90. The number of benzene rings is 1. The van der Waals surface area contributed by atoms with Crippen LogP contribution in [0.25, 0.3) is 0 Å². The van der Waals surface area contributed by atoms with Crippen LogP contribution in [0.1, 0.15) is 12.8 Å². The number of nitrogens with one attached hydrogen (secondary N) is 2. The number of hydrogen-bond donors (Lipinski definition) is 2. The summed E-state index contributed by atoms with van der Waals surface area (Å²) in [6.45, 7) is 1.33. The largest absolute Gasteiger partial charge is 0.354 e. The number of hydrogen-bond acceptors (Lipinski definition) is 3. The zero-order valence-corrected chi connectivity index (χ0v) is 12.0. The van der Waals surface area contributed by atoms with Crippen LogP contribution in [0, 0.1) is 5.41 Å². The molecule has 2 amide bonds. The molecule has 5 heteroatoms. The molecule has 0 spiro atoms. The van der Waals surface area contributed by atoms with Gasteiger partial charge in [0.25, 0.3) is 0 Å². The highest BCUT2D eigenvalue weighted by Gasteiger charge is 2.56. The standard InChI is InChI=1S/C15H21N3O2/c1-18(2)11-10-16-13(19)15(8-9-15)14(20)17-12-6-4-3-5-7-12/h3-7H,8-11H2,1-2H3,(H,16,19)(H,17,20). The average Bonchev–Trinajstić information content (AvgIpc) is 3.21. The Morgan fingerprint density at radius 2 is 1.80 bits per heavy atom. The monoisotopic (exact) mass is 275 g/mol. The first kappa shape index (κ1) is 14.5. The third-order valence-electron chi connectivity index (χ3n) is 3.50. The minimum absolute atomic E-state index is 0.159. The van der Waals surface area contributed by atoms with Crippen LogP contribution in [0.15, 0.2) is 30.3 Å². The van der Waals surface area contributed by atoms with Crippen LogP contribution >= 0.6 is 0 Å². The van der Waals surface area contributed by atoms with Crippen molar-refractivity contribution in [2.24, 2.45) is 5.41 Å². The van der Waals surface area contributed by atoms with Crippen LogP contribution in [0.5, 0.6) is 0 Å². The van der Waals surface area contributed by atoms with Crippen LogP contribution in [0.3, 0.4) is 0 Å². The van der Waals surface area contributed by atoms with Crippen molar-refractivity contribution in [3.8, 4) is 0 Å².